The number of benzene rings is 2. The van der Waals surface area contributed by atoms with Crippen LogP contribution in [0.1, 0.15) is 30.0 Å². The minimum Gasteiger partial charge on any atom is -0.508 e. The predicted molar refractivity (Wildman–Crippen MR) is 85.4 cm³/mol. The molecular formula is C17H18ClNO2. The molecule has 1 aliphatic rings. The number of phenols is 1. The number of ether oxygens (including phenoxy) is 1. The molecule has 0 saturated heterocycles. The van der Waals surface area contributed by atoms with E-state index in [0.717, 1.165) is 24.9 Å². The van der Waals surface area contributed by atoms with Crippen LogP contribution in [-0.2, 0) is 6.42 Å². The fourth-order valence-electron chi connectivity index (χ4n) is 2.90. The molecule has 0 aliphatic heterocycles. The Bertz CT molecular complexity index is 657. The van der Waals surface area contributed by atoms with E-state index in [-0.39, 0.29) is 6.04 Å². The van der Waals surface area contributed by atoms with Crippen LogP contribution in [-0.4, -0.2) is 12.2 Å². The van der Waals surface area contributed by atoms with E-state index in [9.17, 15) is 5.11 Å². The molecular weight excluding hydrogens is 286 g/mol. The number of nitrogens with one attached hydrogen (secondary N) is 1. The topological polar surface area (TPSA) is 41.5 Å². The van der Waals surface area contributed by atoms with Crippen molar-refractivity contribution in [2.75, 3.05) is 12.4 Å². The van der Waals surface area contributed by atoms with Gasteiger partial charge in [0.25, 0.3) is 0 Å². The van der Waals surface area contributed by atoms with E-state index in [1.54, 1.807) is 13.2 Å². The fourth-order valence-corrected chi connectivity index (χ4v) is 3.10. The first-order valence-corrected chi connectivity index (χ1v) is 7.47. The highest BCUT2D eigenvalue weighted by Gasteiger charge is 2.20. The molecule has 1 aliphatic carbocycles. The third-order valence-electron chi connectivity index (χ3n) is 3.93. The molecule has 0 amide bonds. The van der Waals surface area contributed by atoms with Crippen LogP contribution < -0.4 is 10.1 Å². The summed E-state index contributed by atoms with van der Waals surface area (Å²) < 4.78 is 5.25. The summed E-state index contributed by atoms with van der Waals surface area (Å²) in [5.74, 6) is 1.01. The average molecular weight is 304 g/mol. The second kappa shape index (κ2) is 5.86. The second-order valence-corrected chi connectivity index (χ2v) is 5.73. The molecule has 1 unspecified atom stereocenters. The molecule has 0 bridgehead atoms. The SMILES string of the molecule is COc1cc(NC2CCCc3cc(O)ccc32)ccc1Cl. The minimum absolute atomic E-state index is 0.250. The first-order chi connectivity index (χ1) is 10.2. The van der Waals surface area contributed by atoms with Crippen molar-refractivity contribution in [1.29, 1.82) is 0 Å². The highest BCUT2D eigenvalue weighted by molar-refractivity contribution is 6.32. The van der Waals surface area contributed by atoms with Gasteiger partial charge in [-0.3, -0.25) is 0 Å². The molecule has 0 heterocycles. The molecule has 0 radical (unpaired) electrons. The number of rotatable bonds is 3. The van der Waals surface area contributed by atoms with Gasteiger partial charge in [-0.1, -0.05) is 17.7 Å². The van der Waals surface area contributed by atoms with Gasteiger partial charge in [-0.05, 0) is 54.7 Å². The number of hydrogen-bond acceptors (Lipinski definition) is 3. The van der Waals surface area contributed by atoms with Crippen molar-refractivity contribution in [3.05, 3.63) is 52.5 Å². The van der Waals surface area contributed by atoms with Crippen molar-refractivity contribution in [2.24, 2.45) is 0 Å². The summed E-state index contributed by atoms with van der Waals surface area (Å²) in [4.78, 5) is 0. The number of hydrogen-bond donors (Lipinski definition) is 2. The van der Waals surface area contributed by atoms with Gasteiger partial charge in [-0.25, -0.2) is 0 Å². The molecule has 0 aromatic heterocycles. The molecule has 1 atom stereocenters. The Labute approximate surface area is 129 Å². The Kier molecular flexibility index (Phi) is 3.93. The third-order valence-corrected chi connectivity index (χ3v) is 4.25. The highest BCUT2D eigenvalue weighted by atomic mass is 35.5. The molecule has 21 heavy (non-hydrogen) atoms. The largest absolute Gasteiger partial charge is 0.508 e. The Hall–Kier alpha value is -1.87. The van der Waals surface area contributed by atoms with E-state index >= 15 is 0 Å². The van der Waals surface area contributed by atoms with Gasteiger partial charge in [0.15, 0.2) is 0 Å². The van der Waals surface area contributed by atoms with E-state index < -0.39 is 0 Å². The third kappa shape index (κ3) is 2.93. The molecule has 0 saturated carbocycles. The highest BCUT2D eigenvalue weighted by Crippen LogP contribution is 2.35. The Morgan fingerprint density at radius 3 is 2.90 bits per heavy atom. The maximum Gasteiger partial charge on any atom is 0.139 e. The molecule has 3 rings (SSSR count). The van der Waals surface area contributed by atoms with Gasteiger partial charge >= 0.3 is 0 Å². The lowest BCUT2D eigenvalue weighted by Gasteiger charge is -2.27. The molecule has 110 valence electrons. The van der Waals surface area contributed by atoms with Crippen molar-refractivity contribution in [3.8, 4) is 11.5 Å². The maximum absolute atomic E-state index is 9.61. The van der Waals surface area contributed by atoms with Gasteiger partial charge in [0.2, 0.25) is 0 Å². The number of halogens is 1. The van der Waals surface area contributed by atoms with Crippen LogP contribution in [0.25, 0.3) is 0 Å². The van der Waals surface area contributed by atoms with Gasteiger partial charge in [0.1, 0.15) is 11.5 Å². The number of aromatic hydroxyl groups is 1. The number of aryl methyl sites for hydroxylation is 1. The first-order valence-electron chi connectivity index (χ1n) is 7.09. The average Bonchev–Trinajstić information content (AvgIpc) is 2.49. The van der Waals surface area contributed by atoms with Crippen LogP contribution >= 0.6 is 11.6 Å². The smallest absolute Gasteiger partial charge is 0.139 e. The predicted octanol–water partition coefficient (Wildman–Crippen LogP) is 4.54. The zero-order valence-electron chi connectivity index (χ0n) is 11.9. The van der Waals surface area contributed by atoms with Crippen molar-refractivity contribution >= 4 is 17.3 Å². The summed E-state index contributed by atoms with van der Waals surface area (Å²) in [7, 11) is 1.61. The monoisotopic (exact) mass is 303 g/mol. The minimum atomic E-state index is 0.250. The molecule has 2 aromatic carbocycles. The zero-order chi connectivity index (χ0) is 14.8. The van der Waals surface area contributed by atoms with E-state index in [0.29, 0.717) is 16.5 Å². The Morgan fingerprint density at radius 2 is 2.10 bits per heavy atom. The van der Waals surface area contributed by atoms with E-state index in [2.05, 4.69) is 5.32 Å². The van der Waals surface area contributed by atoms with Crippen LogP contribution in [0.4, 0.5) is 5.69 Å². The normalized spacial score (nSPS) is 17.1. The van der Waals surface area contributed by atoms with Gasteiger partial charge in [0, 0.05) is 11.8 Å². The van der Waals surface area contributed by atoms with E-state index in [1.807, 2.05) is 30.3 Å². The van der Waals surface area contributed by atoms with Crippen LogP contribution in [0, 0.1) is 0 Å². The summed E-state index contributed by atoms with van der Waals surface area (Å²) in [6.45, 7) is 0. The fraction of sp³-hybridized carbons (Fsp3) is 0.294. The van der Waals surface area contributed by atoms with Crippen LogP contribution in [0.3, 0.4) is 0 Å². The Balaban J connectivity index is 1.86. The molecule has 0 fully saturated rings. The van der Waals surface area contributed by atoms with Crippen LogP contribution in [0.5, 0.6) is 11.5 Å². The van der Waals surface area contributed by atoms with Crippen molar-refractivity contribution in [2.45, 2.75) is 25.3 Å². The number of phenolic OH excluding ortho intramolecular Hbond substituents is 1. The first kappa shape index (κ1) is 14.1. The zero-order valence-corrected chi connectivity index (χ0v) is 12.7. The standard InChI is InChI=1S/C17H18ClNO2/c1-21-17-10-12(5-8-15(17)18)19-16-4-2-3-11-9-13(20)6-7-14(11)16/h5-10,16,19-20H,2-4H2,1H3. The molecule has 4 heteroatoms. The summed E-state index contributed by atoms with van der Waals surface area (Å²) in [6, 6.07) is 11.6. The van der Waals surface area contributed by atoms with E-state index in [1.165, 1.54) is 11.1 Å². The number of fused-ring (bicyclic) bond motifs is 1. The molecule has 2 N–H and O–H groups in total. The molecule has 3 nitrogen and oxygen atoms in total. The van der Waals surface area contributed by atoms with Crippen molar-refractivity contribution in [3.63, 3.8) is 0 Å². The Morgan fingerprint density at radius 1 is 1.24 bits per heavy atom. The maximum atomic E-state index is 9.61. The van der Waals surface area contributed by atoms with Gasteiger partial charge in [-0.15, -0.1) is 0 Å². The van der Waals surface area contributed by atoms with E-state index in [4.69, 9.17) is 16.3 Å². The lowest BCUT2D eigenvalue weighted by molar-refractivity contribution is 0.415. The van der Waals surface area contributed by atoms with Gasteiger partial charge < -0.3 is 15.2 Å². The van der Waals surface area contributed by atoms with Crippen LogP contribution in [0.2, 0.25) is 5.02 Å². The molecule has 0 spiro atoms. The summed E-state index contributed by atoms with van der Waals surface area (Å²) in [5, 5.41) is 13.8. The molecule has 2 aromatic rings. The number of methoxy groups -OCH3 is 1. The summed E-state index contributed by atoms with van der Waals surface area (Å²) >= 11 is 6.06. The summed E-state index contributed by atoms with van der Waals surface area (Å²) in [5.41, 5.74) is 3.47. The summed E-state index contributed by atoms with van der Waals surface area (Å²) in [6.07, 6.45) is 3.20. The lowest BCUT2D eigenvalue weighted by atomic mass is 9.87. The van der Waals surface area contributed by atoms with Crippen LogP contribution in [0.15, 0.2) is 36.4 Å². The van der Waals surface area contributed by atoms with Gasteiger partial charge in [-0.2, -0.15) is 0 Å². The lowest BCUT2D eigenvalue weighted by Crippen LogP contribution is -2.17. The second-order valence-electron chi connectivity index (χ2n) is 5.32. The van der Waals surface area contributed by atoms with Crippen molar-refractivity contribution < 1.29 is 9.84 Å². The number of anilines is 1. The quantitative estimate of drug-likeness (QED) is 0.874. The van der Waals surface area contributed by atoms with Crippen molar-refractivity contribution in [1.82, 2.24) is 0 Å². The van der Waals surface area contributed by atoms with Gasteiger partial charge in [0.05, 0.1) is 18.2 Å².